The van der Waals surface area contributed by atoms with Gasteiger partial charge in [-0.1, -0.05) is 47.0 Å². The van der Waals surface area contributed by atoms with Crippen LogP contribution in [0.1, 0.15) is 11.1 Å². The standard InChI is InChI=1S/C22H17Cl2N3O2S/c1-12-3-5-15(13(2)7-12)16-10-30-21-20(16)22(29)27(11-25-21)9-19(28)26-18-8-14(23)4-6-17(18)24/h3-8,10-11H,9H2,1-2H3,(H,26,28). The van der Waals surface area contributed by atoms with Crippen molar-refractivity contribution in [3.63, 3.8) is 0 Å². The minimum absolute atomic E-state index is 0.188. The lowest BCUT2D eigenvalue weighted by molar-refractivity contribution is -0.116. The first-order chi connectivity index (χ1) is 14.3. The van der Waals surface area contributed by atoms with Gasteiger partial charge in [0.25, 0.3) is 5.56 Å². The van der Waals surface area contributed by atoms with E-state index in [1.54, 1.807) is 18.2 Å². The summed E-state index contributed by atoms with van der Waals surface area (Å²) in [6.07, 6.45) is 1.39. The molecule has 0 aliphatic carbocycles. The van der Waals surface area contributed by atoms with Gasteiger partial charge in [-0.25, -0.2) is 4.98 Å². The molecule has 2 aromatic heterocycles. The number of aromatic nitrogens is 2. The summed E-state index contributed by atoms with van der Waals surface area (Å²) in [7, 11) is 0. The zero-order valence-corrected chi connectivity index (χ0v) is 18.5. The maximum absolute atomic E-state index is 13.2. The van der Waals surface area contributed by atoms with Crippen molar-refractivity contribution in [3.8, 4) is 11.1 Å². The van der Waals surface area contributed by atoms with E-state index in [2.05, 4.69) is 16.4 Å². The Kier molecular flexibility index (Phi) is 5.64. The summed E-state index contributed by atoms with van der Waals surface area (Å²) in [5.41, 5.74) is 4.18. The second kappa shape index (κ2) is 8.22. The van der Waals surface area contributed by atoms with Crippen molar-refractivity contribution in [3.05, 3.63) is 79.6 Å². The Morgan fingerprint density at radius 3 is 2.70 bits per heavy atom. The number of aryl methyl sites for hydroxylation is 2. The number of anilines is 1. The summed E-state index contributed by atoms with van der Waals surface area (Å²) in [6.45, 7) is 3.86. The van der Waals surface area contributed by atoms with Gasteiger partial charge in [-0.05, 0) is 43.2 Å². The van der Waals surface area contributed by atoms with Crippen LogP contribution in [0.3, 0.4) is 0 Å². The average molecular weight is 458 g/mol. The van der Waals surface area contributed by atoms with Crippen molar-refractivity contribution in [2.24, 2.45) is 0 Å². The first-order valence-corrected chi connectivity index (χ1v) is 10.8. The van der Waals surface area contributed by atoms with Gasteiger partial charge in [-0.2, -0.15) is 0 Å². The summed E-state index contributed by atoms with van der Waals surface area (Å²) in [5, 5.41) is 5.96. The molecular formula is C22H17Cl2N3O2S. The first kappa shape index (κ1) is 20.6. The molecule has 5 nitrogen and oxygen atoms in total. The lowest BCUT2D eigenvalue weighted by Gasteiger charge is -2.10. The highest BCUT2D eigenvalue weighted by Crippen LogP contribution is 2.33. The number of carbonyl (C=O) groups excluding carboxylic acids is 1. The van der Waals surface area contributed by atoms with Crippen molar-refractivity contribution in [2.75, 3.05) is 5.32 Å². The van der Waals surface area contributed by atoms with E-state index in [1.165, 1.54) is 22.2 Å². The number of fused-ring (bicyclic) bond motifs is 1. The molecule has 0 atom stereocenters. The molecule has 0 saturated carbocycles. The molecule has 0 radical (unpaired) electrons. The molecule has 8 heteroatoms. The Labute approximate surface area is 186 Å². The van der Waals surface area contributed by atoms with E-state index in [-0.39, 0.29) is 12.1 Å². The minimum atomic E-state index is -0.397. The van der Waals surface area contributed by atoms with Crippen LogP contribution >= 0.6 is 34.5 Å². The number of nitrogens with zero attached hydrogens (tertiary/aromatic N) is 2. The van der Waals surface area contributed by atoms with Gasteiger partial charge in [0, 0.05) is 16.0 Å². The van der Waals surface area contributed by atoms with Crippen molar-refractivity contribution in [1.29, 1.82) is 0 Å². The van der Waals surface area contributed by atoms with Crippen molar-refractivity contribution >= 4 is 56.3 Å². The van der Waals surface area contributed by atoms with E-state index in [4.69, 9.17) is 23.2 Å². The van der Waals surface area contributed by atoms with Crippen LogP contribution in [-0.2, 0) is 11.3 Å². The number of nitrogens with one attached hydrogen (secondary N) is 1. The Morgan fingerprint density at radius 2 is 1.93 bits per heavy atom. The van der Waals surface area contributed by atoms with Crippen LogP contribution in [0, 0.1) is 13.8 Å². The normalized spacial score (nSPS) is 11.1. The van der Waals surface area contributed by atoms with E-state index in [9.17, 15) is 9.59 Å². The molecule has 0 aliphatic rings. The molecule has 30 heavy (non-hydrogen) atoms. The summed E-state index contributed by atoms with van der Waals surface area (Å²) < 4.78 is 1.30. The molecule has 0 spiro atoms. The number of amides is 1. The highest BCUT2D eigenvalue weighted by molar-refractivity contribution is 7.17. The third kappa shape index (κ3) is 3.99. The lowest BCUT2D eigenvalue weighted by atomic mass is 9.99. The molecule has 0 unspecified atom stereocenters. The van der Waals surface area contributed by atoms with E-state index in [0.717, 1.165) is 22.3 Å². The highest BCUT2D eigenvalue weighted by atomic mass is 35.5. The Hall–Kier alpha value is -2.67. The number of thiophene rings is 1. The third-order valence-electron chi connectivity index (χ3n) is 4.75. The molecule has 2 aromatic carbocycles. The monoisotopic (exact) mass is 457 g/mol. The van der Waals surface area contributed by atoms with Gasteiger partial charge in [-0.3, -0.25) is 14.2 Å². The molecule has 0 fully saturated rings. The zero-order chi connectivity index (χ0) is 21.4. The fraction of sp³-hybridized carbons (Fsp3) is 0.136. The molecular weight excluding hydrogens is 441 g/mol. The van der Waals surface area contributed by atoms with Gasteiger partial charge >= 0.3 is 0 Å². The zero-order valence-electron chi connectivity index (χ0n) is 16.2. The molecule has 4 aromatic rings. The van der Waals surface area contributed by atoms with Crippen molar-refractivity contribution in [1.82, 2.24) is 9.55 Å². The van der Waals surface area contributed by atoms with Gasteiger partial charge in [0.15, 0.2) is 0 Å². The van der Waals surface area contributed by atoms with E-state index >= 15 is 0 Å². The molecule has 4 rings (SSSR count). The Morgan fingerprint density at radius 1 is 1.13 bits per heavy atom. The predicted octanol–water partition coefficient (Wildman–Crippen LogP) is 5.69. The van der Waals surface area contributed by atoms with E-state index in [1.807, 2.05) is 31.4 Å². The van der Waals surface area contributed by atoms with Crippen LogP contribution in [0.15, 0.2) is 52.9 Å². The van der Waals surface area contributed by atoms with Gasteiger partial charge in [0.05, 0.1) is 22.4 Å². The smallest absolute Gasteiger partial charge is 0.263 e. The fourth-order valence-electron chi connectivity index (χ4n) is 3.33. The molecule has 1 N–H and O–H groups in total. The minimum Gasteiger partial charge on any atom is -0.323 e. The molecule has 0 saturated heterocycles. The Bertz CT molecular complexity index is 1340. The number of rotatable bonds is 4. The van der Waals surface area contributed by atoms with Crippen LogP contribution in [0.2, 0.25) is 10.0 Å². The van der Waals surface area contributed by atoms with E-state index in [0.29, 0.717) is 25.9 Å². The van der Waals surface area contributed by atoms with Gasteiger partial charge in [0.2, 0.25) is 5.91 Å². The third-order valence-corrected chi connectivity index (χ3v) is 6.20. The summed E-state index contributed by atoms with van der Waals surface area (Å²) in [4.78, 5) is 30.7. The predicted molar refractivity (Wildman–Crippen MR) is 124 cm³/mol. The SMILES string of the molecule is Cc1ccc(-c2csc3ncn(CC(=O)Nc4cc(Cl)ccc4Cl)c(=O)c23)c(C)c1. The van der Waals surface area contributed by atoms with Crippen molar-refractivity contribution in [2.45, 2.75) is 20.4 Å². The number of benzene rings is 2. The lowest BCUT2D eigenvalue weighted by Crippen LogP contribution is -2.27. The maximum atomic E-state index is 13.2. The Balaban J connectivity index is 1.69. The fourth-order valence-corrected chi connectivity index (χ4v) is 4.57. The average Bonchev–Trinajstić information content (AvgIpc) is 3.11. The summed E-state index contributed by atoms with van der Waals surface area (Å²) in [5.74, 6) is -0.397. The number of carbonyl (C=O) groups is 1. The summed E-state index contributed by atoms with van der Waals surface area (Å²) >= 11 is 13.5. The van der Waals surface area contributed by atoms with Crippen LogP contribution in [0.5, 0.6) is 0 Å². The van der Waals surface area contributed by atoms with E-state index < -0.39 is 5.91 Å². The van der Waals surface area contributed by atoms with Gasteiger partial charge < -0.3 is 5.32 Å². The van der Waals surface area contributed by atoms with Crippen LogP contribution in [0.4, 0.5) is 5.69 Å². The first-order valence-electron chi connectivity index (χ1n) is 9.12. The molecule has 2 heterocycles. The maximum Gasteiger partial charge on any atom is 0.263 e. The largest absolute Gasteiger partial charge is 0.323 e. The number of hydrogen-bond donors (Lipinski definition) is 1. The molecule has 152 valence electrons. The van der Waals surface area contributed by atoms with Crippen LogP contribution in [0.25, 0.3) is 21.3 Å². The topological polar surface area (TPSA) is 64.0 Å². The number of hydrogen-bond acceptors (Lipinski definition) is 4. The molecule has 0 bridgehead atoms. The van der Waals surface area contributed by atoms with Crippen LogP contribution < -0.4 is 10.9 Å². The van der Waals surface area contributed by atoms with Gasteiger partial charge in [0.1, 0.15) is 11.4 Å². The van der Waals surface area contributed by atoms with Gasteiger partial charge in [-0.15, -0.1) is 11.3 Å². The van der Waals surface area contributed by atoms with Crippen LogP contribution in [-0.4, -0.2) is 15.5 Å². The highest BCUT2D eigenvalue weighted by Gasteiger charge is 2.16. The quantitative estimate of drug-likeness (QED) is 0.428. The number of halogens is 2. The molecule has 1 amide bonds. The van der Waals surface area contributed by atoms with Crippen molar-refractivity contribution < 1.29 is 4.79 Å². The molecule has 0 aliphatic heterocycles. The second-order valence-electron chi connectivity index (χ2n) is 7.00. The second-order valence-corrected chi connectivity index (χ2v) is 8.70. The summed E-state index contributed by atoms with van der Waals surface area (Å²) in [6, 6.07) is 10.9.